The molecule has 0 bridgehead atoms. The molecule has 1 saturated heterocycles. The second-order valence-corrected chi connectivity index (χ2v) is 7.38. The van der Waals surface area contributed by atoms with Crippen LogP contribution in [0.15, 0.2) is 18.2 Å². The molecular weight excluding hydrogens is 320 g/mol. The number of benzene rings is 1. The Morgan fingerprint density at radius 3 is 2.70 bits per heavy atom. The molecule has 1 aliphatic rings. The number of carbonyl (C=O) groups is 1. The van der Waals surface area contributed by atoms with Crippen LogP contribution in [0.4, 0.5) is 5.69 Å². The van der Waals surface area contributed by atoms with E-state index in [1.807, 2.05) is 0 Å². The molecular formula is C15H22N2O5S. The van der Waals surface area contributed by atoms with Crippen molar-refractivity contribution < 1.29 is 22.7 Å². The van der Waals surface area contributed by atoms with Crippen LogP contribution < -0.4 is 14.8 Å². The molecule has 0 saturated carbocycles. The lowest BCUT2D eigenvalue weighted by Crippen LogP contribution is -2.39. The monoisotopic (exact) mass is 342 g/mol. The van der Waals surface area contributed by atoms with Gasteiger partial charge in [-0.1, -0.05) is 0 Å². The molecule has 23 heavy (non-hydrogen) atoms. The first-order valence-electron chi connectivity index (χ1n) is 7.46. The topological polar surface area (TPSA) is 84.9 Å². The highest BCUT2D eigenvalue weighted by atomic mass is 32.2. The number of nitrogens with one attached hydrogen (secondary N) is 1. The zero-order valence-corrected chi connectivity index (χ0v) is 14.2. The van der Waals surface area contributed by atoms with Gasteiger partial charge in [-0.2, -0.15) is 0 Å². The van der Waals surface area contributed by atoms with Gasteiger partial charge in [-0.15, -0.1) is 0 Å². The van der Waals surface area contributed by atoms with Gasteiger partial charge in [0.25, 0.3) is 0 Å². The van der Waals surface area contributed by atoms with Gasteiger partial charge in [0.2, 0.25) is 15.9 Å². The second-order valence-electron chi connectivity index (χ2n) is 5.29. The van der Waals surface area contributed by atoms with Gasteiger partial charge < -0.3 is 14.8 Å². The number of rotatable bonds is 6. The molecule has 0 spiro atoms. The fourth-order valence-electron chi connectivity index (χ4n) is 2.44. The SMILES string of the molecule is COc1ccc(OC)c(NC(=O)CCN2CCCCS2(=O)=O)c1. The summed E-state index contributed by atoms with van der Waals surface area (Å²) < 4.78 is 35.5. The van der Waals surface area contributed by atoms with Crippen molar-refractivity contribution in [3.8, 4) is 11.5 Å². The molecule has 0 aliphatic carbocycles. The standard InChI is InChI=1S/C15H22N2O5S/c1-21-12-5-6-14(22-2)13(11-12)16-15(18)7-9-17-8-3-4-10-23(17,19)20/h5-6,11H,3-4,7-10H2,1-2H3,(H,16,18). The van der Waals surface area contributed by atoms with E-state index in [-0.39, 0.29) is 24.6 Å². The summed E-state index contributed by atoms with van der Waals surface area (Å²) in [5.74, 6) is 1.01. The van der Waals surface area contributed by atoms with E-state index >= 15 is 0 Å². The first kappa shape index (κ1) is 17.6. The Hall–Kier alpha value is -1.80. The number of amides is 1. The lowest BCUT2D eigenvalue weighted by Gasteiger charge is -2.25. The fourth-order valence-corrected chi connectivity index (χ4v) is 4.05. The smallest absolute Gasteiger partial charge is 0.225 e. The number of ether oxygens (including phenoxy) is 2. The van der Waals surface area contributed by atoms with Gasteiger partial charge >= 0.3 is 0 Å². The molecule has 0 unspecified atom stereocenters. The quantitative estimate of drug-likeness (QED) is 0.846. The minimum Gasteiger partial charge on any atom is -0.497 e. The van der Waals surface area contributed by atoms with Gasteiger partial charge in [-0.05, 0) is 25.0 Å². The molecule has 1 aliphatic heterocycles. The van der Waals surface area contributed by atoms with Gasteiger partial charge in [0.15, 0.2) is 0 Å². The minimum atomic E-state index is -3.21. The maximum absolute atomic E-state index is 12.1. The zero-order chi connectivity index (χ0) is 16.9. The normalized spacial score (nSPS) is 17.5. The first-order chi connectivity index (χ1) is 11.0. The largest absolute Gasteiger partial charge is 0.497 e. The highest BCUT2D eigenvalue weighted by Gasteiger charge is 2.25. The van der Waals surface area contributed by atoms with Gasteiger partial charge in [0.05, 0.1) is 25.7 Å². The summed E-state index contributed by atoms with van der Waals surface area (Å²) >= 11 is 0. The number of hydrogen-bond acceptors (Lipinski definition) is 5. The zero-order valence-electron chi connectivity index (χ0n) is 13.4. The Morgan fingerprint density at radius 1 is 1.26 bits per heavy atom. The lowest BCUT2D eigenvalue weighted by molar-refractivity contribution is -0.116. The highest BCUT2D eigenvalue weighted by molar-refractivity contribution is 7.89. The molecule has 1 aromatic rings. The maximum Gasteiger partial charge on any atom is 0.225 e. The Labute approximate surface area is 136 Å². The van der Waals surface area contributed by atoms with Gasteiger partial charge in [-0.25, -0.2) is 12.7 Å². The average molecular weight is 342 g/mol. The molecule has 0 aromatic heterocycles. The highest BCUT2D eigenvalue weighted by Crippen LogP contribution is 2.29. The minimum absolute atomic E-state index is 0.0968. The summed E-state index contributed by atoms with van der Waals surface area (Å²) in [6, 6.07) is 5.09. The fraction of sp³-hybridized carbons (Fsp3) is 0.533. The molecule has 8 heteroatoms. The van der Waals surface area contributed by atoms with Crippen LogP contribution >= 0.6 is 0 Å². The summed E-state index contributed by atoms with van der Waals surface area (Å²) in [5, 5.41) is 2.74. The van der Waals surface area contributed by atoms with E-state index in [0.717, 1.165) is 6.42 Å². The third-order valence-electron chi connectivity index (χ3n) is 3.72. The van der Waals surface area contributed by atoms with Crippen molar-refractivity contribution in [1.82, 2.24) is 4.31 Å². The Morgan fingerprint density at radius 2 is 2.04 bits per heavy atom. The predicted molar refractivity (Wildman–Crippen MR) is 87.4 cm³/mol. The van der Waals surface area contributed by atoms with Crippen molar-refractivity contribution >= 4 is 21.6 Å². The summed E-state index contributed by atoms with van der Waals surface area (Å²) in [5.41, 5.74) is 0.498. The van der Waals surface area contributed by atoms with Gasteiger partial charge in [-0.3, -0.25) is 4.79 Å². The van der Waals surface area contributed by atoms with Crippen molar-refractivity contribution in [3.05, 3.63) is 18.2 Å². The molecule has 0 radical (unpaired) electrons. The Bertz CT molecular complexity index is 660. The van der Waals surface area contributed by atoms with Crippen LogP contribution in [0.3, 0.4) is 0 Å². The Balaban J connectivity index is 1.97. The third-order valence-corrected chi connectivity index (χ3v) is 5.68. The number of carbonyl (C=O) groups excluding carboxylic acids is 1. The predicted octanol–water partition coefficient (Wildman–Crippen LogP) is 1.46. The molecule has 7 nitrogen and oxygen atoms in total. The van der Waals surface area contributed by atoms with E-state index in [1.54, 1.807) is 18.2 Å². The van der Waals surface area contributed by atoms with E-state index in [9.17, 15) is 13.2 Å². The van der Waals surface area contributed by atoms with Crippen molar-refractivity contribution in [3.63, 3.8) is 0 Å². The van der Waals surface area contributed by atoms with Crippen LogP contribution in [0, 0.1) is 0 Å². The Kier molecular flexibility index (Phi) is 5.84. The van der Waals surface area contributed by atoms with E-state index in [2.05, 4.69) is 5.32 Å². The van der Waals surface area contributed by atoms with Crippen LogP contribution in [0.1, 0.15) is 19.3 Å². The van der Waals surface area contributed by atoms with Gasteiger partial charge in [0, 0.05) is 25.6 Å². The molecule has 1 fully saturated rings. The van der Waals surface area contributed by atoms with Crippen LogP contribution in [-0.2, 0) is 14.8 Å². The van der Waals surface area contributed by atoms with E-state index in [4.69, 9.17) is 9.47 Å². The van der Waals surface area contributed by atoms with Crippen molar-refractivity contribution in [2.24, 2.45) is 0 Å². The number of anilines is 1. The second kappa shape index (κ2) is 7.65. The van der Waals surface area contributed by atoms with Crippen LogP contribution in [0.25, 0.3) is 0 Å². The molecule has 2 rings (SSSR count). The van der Waals surface area contributed by atoms with Crippen molar-refractivity contribution in [2.75, 3.05) is 38.4 Å². The summed E-state index contributed by atoms with van der Waals surface area (Å²) in [6.45, 7) is 0.679. The van der Waals surface area contributed by atoms with E-state index in [0.29, 0.717) is 30.2 Å². The molecule has 1 heterocycles. The third kappa shape index (κ3) is 4.59. The van der Waals surface area contributed by atoms with E-state index in [1.165, 1.54) is 18.5 Å². The maximum atomic E-state index is 12.1. The summed E-state index contributed by atoms with van der Waals surface area (Å²) in [7, 11) is -0.159. The van der Waals surface area contributed by atoms with Gasteiger partial charge in [0.1, 0.15) is 11.5 Å². The van der Waals surface area contributed by atoms with E-state index < -0.39 is 10.0 Å². The van der Waals surface area contributed by atoms with Crippen LogP contribution in [0.2, 0.25) is 0 Å². The van der Waals surface area contributed by atoms with Crippen LogP contribution in [-0.4, -0.2) is 51.7 Å². The molecule has 0 atom stereocenters. The summed E-state index contributed by atoms with van der Waals surface area (Å²) in [4.78, 5) is 12.1. The number of methoxy groups -OCH3 is 2. The molecule has 1 aromatic carbocycles. The molecule has 128 valence electrons. The van der Waals surface area contributed by atoms with Crippen molar-refractivity contribution in [2.45, 2.75) is 19.3 Å². The van der Waals surface area contributed by atoms with Crippen molar-refractivity contribution in [1.29, 1.82) is 0 Å². The van der Waals surface area contributed by atoms with Crippen LogP contribution in [0.5, 0.6) is 11.5 Å². The summed E-state index contributed by atoms with van der Waals surface area (Å²) in [6.07, 6.45) is 1.62. The first-order valence-corrected chi connectivity index (χ1v) is 9.07. The number of sulfonamides is 1. The molecule has 1 N–H and O–H groups in total. The molecule has 1 amide bonds. The number of nitrogens with zero attached hydrogens (tertiary/aromatic N) is 1. The lowest BCUT2D eigenvalue weighted by atomic mass is 10.2. The number of hydrogen-bond donors (Lipinski definition) is 1. The average Bonchev–Trinajstić information content (AvgIpc) is 2.53.